The van der Waals surface area contributed by atoms with Gasteiger partial charge in [-0.25, -0.2) is 9.78 Å². The van der Waals surface area contributed by atoms with Crippen molar-refractivity contribution < 1.29 is 29.0 Å². The molecule has 1 saturated carbocycles. The van der Waals surface area contributed by atoms with Crippen LogP contribution >= 0.6 is 0 Å². The Balaban J connectivity index is 1.48. The van der Waals surface area contributed by atoms with Gasteiger partial charge in [0.2, 0.25) is 11.8 Å². The number of methoxy groups -OCH3 is 1. The first kappa shape index (κ1) is 28.4. The second-order valence-corrected chi connectivity index (χ2v) is 12.0. The third-order valence-corrected chi connectivity index (χ3v) is 7.81. The van der Waals surface area contributed by atoms with Gasteiger partial charge in [-0.2, -0.15) is 0 Å². The average molecular weight is 560 g/mol. The summed E-state index contributed by atoms with van der Waals surface area (Å²) in [6.07, 6.45) is 1.25. The molecule has 3 unspecified atom stereocenters. The molecule has 1 N–H and O–H groups in total. The van der Waals surface area contributed by atoms with Crippen molar-refractivity contribution in [3.8, 4) is 22.8 Å². The minimum atomic E-state index is -1.09. The Bertz CT molecular complexity index is 1460. The van der Waals surface area contributed by atoms with E-state index < -0.39 is 29.6 Å². The zero-order valence-corrected chi connectivity index (χ0v) is 24.2. The molecule has 1 aromatic heterocycles. The van der Waals surface area contributed by atoms with Crippen LogP contribution in [0.2, 0.25) is 0 Å². The number of likely N-dealkylation sites (tertiary alicyclic amines) is 1. The Morgan fingerprint density at radius 3 is 2.37 bits per heavy atom. The van der Waals surface area contributed by atoms with Crippen molar-refractivity contribution in [2.45, 2.75) is 71.2 Å². The highest BCUT2D eigenvalue weighted by Gasteiger charge is 2.50. The van der Waals surface area contributed by atoms with Crippen molar-refractivity contribution in [1.29, 1.82) is 0 Å². The summed E-state index contributed by atoms with van der Waals surface area (Å²) in [5.41, 5.74) is 1.71. The Morgan fingerprint density at radius 2 is 1.78 bits per heavy atom. The molecule has 9 nitrogen and oxygen atoms in total. The number of amides is 2. The molecule has 2 aliphatic rings. The lowest BCUT2D eigenvalue weighted by Gasteiger charge is -2.41. The number of pyridine rings is 1. The maximum atomic E-state index is 14.1. The lowest BCUT2D eigenvalue weighted by molar-refractivity contribution is -0.156. The smallest absolute Gasteiger partial charge is 0.326 e. The minimum absolute atomic E-state index is 0.00943. The summed E-state index contributed by atoms with van der Waals surface area (Å²) in [6.45, 7) is 7.31. The number of carboxylic acid groups (broad SMARTS) is 1. The minimum Gasteiger partial charge on any atom is -0.497 e. The molecular weight excluding hydrogens is 522 g/mol. The van der Waals surface area contributed by atoms with Gasteiger partial charge < -0.3 is 24.4 Å². The Kier molecular flexibility index (Phi) is 7.64. The number of hydrogen-bond acceptors (Lipinski definition) is 6. The maximum absolute atomic E-state index is 14.1. The fraction of sp³-hybridized carbons (Fsp3) is 0.438. The highest BCUT2D eigenvalue weighted by atomic mass is 16.5. The number of nitrogens with zero attached hydrogens (tertiary/aromatic N) is 3. The van der Waals surface area contributed by atoms with Gasteiger partial charge in [-0.15, -0.1) is 0 Å². The number of carbonyl (C=O) groups excluding carboxylic acids is 2. The molecule has 2 heterocycles. The predicted octanol–water partition coefficient (Wildman–Crippen LogP) is 4.77. The predicted molar refractivity (Wildman–Crippen MR) is 155 cm³/mol. The van der Waals surface area contributed by atoms with E-state index in [0.717, 1.165) is 23.8 Å². The highest BCUT2D eigenvalue weighted by Crippen LogP contribution is 2.38. The van der Waals surface area contributed by atoms with Gasteiger partial charge in [0.15, 0.2) is 0 Å². The molecule has 3 atom stereocenters. The van der Waals surface area contributed by atoms with E-state index >= 15 is 0 Å². The molecule has 216 valence electrons. The number of ether oxygens (including phenoxy) is 2. The highest BCUT2D eigenvalue weighted by molar-refractivity contribution is 5.92. The van der Waals surface area contributed by atoms with Gasteiger partial charge in [-0.05, 0) is 30.4 Å². The zero-order chi connectivity index (χ0) is 29.5. The van der Waals surface area contributed by atoms with Crippen molar-refractivity contribution in [3.05, 3.63) is 54.6 Å². The van der Waals surface area contributed by atoms with Gasteiger partial charge in [0.05, 0.1) is 24.9 Å². The van der Waals surface area contributed by atoms with Crippen molar-refractivity contribution >= 4 is 28.7 Å². The van der Waals surface area contributed by atoms with Crippen LogP contribution in [0.15, 0.2) is 54.6 Å². The summed E-state index contributed by atoms with van der Waals surface area (Å²) < 4.78 is 11.9. The second kappa shape index (κ2) is 11.0. The first-order chi connectivity index (χ1) is 19.5. The molecule has 0 bridgehead atoms. The van der Waals surface area contributed by atoms with E-state index in [1.807, 2.05) is 75.4 Å². The number of carboxylic acids is 1. The topological polar surface area (TPSA) is 109 Å². The molecule has 41 heavy (non-hydrogen) atoms. The van der Waals surface area contributed by atoms with E-state index in [4.69, 9.17) is 14.5 Å². The summed E-state index contributed by atoms with van der Waals surface area (Å²) in [4.78, 5) is 47.1. The van der Waals surface area contributed by atoms with Crippen molar-refractivity contribution in [1.82, 2.24) is 14.8 Å². The van der Waals surface area contributed by atoms with Crippen molar-refractivity contribution in [2.24, 2.45) is 5.41 Å². The number of aromatic nitrogens is 1. The van der Waals surface area contributed by atoms with Gasteiger partial charge in [-0.3, -0.25) is 9.59 Å². The molecule has 2 aromatic carbocycles. The van der Waals surface area contributed by atoms with Crippen LogP contribution in [-0.4, -0.2) is 75.6 Å². The Hall–Kier alpha value is -4.14. The van der Waals surface area contributed by atoms with Gasteiger partial charge in [0.1, 0.15) is 29.7 Å². The average Bonchev–Trinajstić information content (AvgIpc) is 3.68. The number of fused-ring (bicyclic) bond motifs is 1. The molecule has 1 saturated heterocycles. The van der Waals surface area contributed by atoms with E-state index in [-0.39, 0.29) is 30.8 Å². The molecule has 2 amide bonds. The number of aliphatic carboxylic acids is 1. The third-order valence-electron chi connectivity index (χ3n) is 7.81. The molecule has 1 aliphatic carbocycles. The largest absolute Gasteiger partial charge is 0.497 e. The van der Waals surface area contributed by atoms with Gasteiger partial charge in [0.25, 0.3) is 0 Å². The van der Waals surface area contributed by atoms with Crippen LogP contribution in [0.4, 0.5) is 0 Å². The number of rotatable bonds is 8. The quantitative estimate of drug-likeness (QED) is 0.424. The standard InChI is InChI=1S/C32H37N3O6/c1-19(36)35(21-11-12-21)29(32(2,3)4)30(37)34-18-23(16-27(34)31(38)39)41-28-17-25(20-9-7-6-8-10-20)33-26-15-22(40-5)13-14-24(26)28/h6-10,13-15,17,21,23,27,29H,11-12,16,18H2,1-5H3,(H,38,39). The molecule has 9 heteroatoms. The molecule has 1 aliphatic heterocycles. The van der Waals surface area contributed by atoms with Crippen molar-refractivity contribution in [3.63, 3.8) is 0 Å². The second-order valence-electron chi connectivity index (χ2n) is 12.0. The lowest BCUT2D eigenvalue weighted by atomic mass is 9.84. The van der Waals surface area contributed by atoms with Gasteiger partial charge >= 0.3 is 5.97 Å². The van der Waals surface area contributed by atoms with Gasteiger partial charge in [-0.1, -0.05) is 51.1 Å². The number of hydrogen-bond donors (Lipinski definition) is 1. The van der Waals surface area contributed by atoms with Crippen LogP contribution < -0.4 is 9.47 Å². The summed E-state index contributed by atoms with van der Waals surface area (Å²) in [6, 6.07) is 15.3. The first-order valence-electron chi connectivity index (χ1n) is 14.0. The van der Waals surface area contributed by atoms with E-state index in [0.29, 0.717) is 22.7 Å². The number of carbonyl (C=O) groups is 3. The fourth-order valence-electron chi connectivity index (χ4n) is 5.76. The molecule has 5 rings (SSSR count). The van der Waals surface area contributed by atoms with Crippen LogP contribution in [0.5, 0.6) is 11.5 Å². The summed E-state index contributed by atoms with van der Waals surface area (Å²) >= 11 is 0. The van der Waals surface area contributed by atoms with Crippen LogP contribution in [-0.2, 0) is 14.4 Å². The Morgan fingerprint density at radius 1 is 1.07 bits per heavy atom. The fourth-order valence-corrected chi connectivity index (χ4v) is 5.76. The summed E-state index contributed by atoms with van der Waals surface area (Å²) in [7, 11) is 1.59. The van der Waals surface area contributed by atoms with Crippen LogP contribution in [0.1, 0.15) is 47.0 Å². The lowest BCUT2D eigenvalue weighted by Crippen LogP contribution is -2.58. The molecule has 2 fully saturated rings. The zero-order valence-electron chi connectivity index (χ0n) is 24.2. The molecule has 3 aromatic rings. The van der Waals surface area contributed by atoms with E-state index in [1.165, 1.54) is 11.8 Å². The normalized spacial score (nSPS) is 19.6. The van der Waals surface area contributed by atoms with Crippen LogP contribution in [0.3, 0.4) is 0 Å². The summed E-state index contributed by atoms with van der Waals surface area (Å²) in [5.74, 6) is -0.411. The van der Waals surface area contributed by atoms with Crippen molar-refractivity contribution in [2.75, 3.05) is 13.7 Å². The first-order valence-corrected chi connectivity index (χ1v) is 14.0. The Labute approximate surface area is 240 Å². The van der Waals surface area contributed by atoms with Crippen LogP contribution in [0.25, 0.3) is 22.2 Å². The van der Waals surface area contributed by atoms with E-state index in [2.05, 4.69) is 0 Å². The molecular formula is C32H37N3O6. The molecule has 0 radical (unpaired) electrons. The third kappa shape index (κ3) is 5.85. The van der Waals surface area contributed by atoms with E-state index in [9.17, 15) is 19.5 Å². The maximum Gasteiger partial charge on any atom is 0.326 e. The number of benzene rings is 2. The molecule has 0 spiro atoms. The monoisotopic (exact) mass is 559 g/mol. The van der Waals surface area contributed by atoms with Gasteiger partial charge in [0, 0.05) is 42.5 Å². The summed E-state index contributed by atoms with van der Waals surface area (Å²) in [5, 5.41) is 10.9. The van der Waals surface area contributed by atoms with Crippen LogP contribution in [0, 0.1) is 5.41 Å². The van der Waals surface area contributed by atoms with E-state index in [1.54, 1.807) is 12.0 Å². The SMILES string of the molecule is COc1ccc2c(OC3CC(C(=O)O)N(C(=O)C(N(C(C)=O)C4CC4)C(C)(C)C)C3)cc(-c3ccccc3)nc2c1.